The molecule has 7 nitrogen and oxygen atoms in total. The van der Waals surface area contributed by atoms with Crippen LogP contribution in [0.2, 0.25) is 0 Å². The van der Waals surface area contributed by atoms with Crippen LogP contribution in [0.15, 0.2) is 60.7 Å². The number of carbonyl (C=O) groups excluding carboxylic acids is 2. The molecule has 4 rings (SSSR count). The number of benzene rings is 2. The zero-order valence-corrected chi connectivity index (χ0v) is 19.1. The summed E-state index contributed by atoms with van der Waals surface area (Å²) in [5.74, 6) is 0.370. The average molecular weight is 445 g/mol. The lowest BCUT2D eigenvalue weighted by Gasteiger charge is -2.22. The zero-order chi connectivity index (χ0) is 23.4. The molecule has 1 fully saturated rings. The van der Waals surface area contributed by atoms with Crippen molar-refractivity contribution >= 4 is 23.6 Å². The Morgan fingerprint density at radius 3 is 2.52 bits per heavy atom. The molecule has 1 aromatic heterocycles. The molecule has 2 amide bonds. The number of para-hydroxylation sites is 1. The van der Waals surface area contributed by atoms with Crippen LogP contribution in [0.25, 0.3) is 11.8 Å². The number of amides is 2. The molecule has 170 valence electrons. The van der Waals surface area contributed by atoms with E-state index in [4.69, 9.17) is 4.74 Å². The molecule has 2 heterocycles. The number of hydrogen-bond donors (Lipinski definition) is 1. The predicted octanol–water partition coefficient (Wildman–Crippen LogP) is 4.14. The second kappa shape index (κ2) is 9.73. The highest BCUT2D eigenvalue weighted by Gasteiger charge is 2.33. The van der Waals surface area contributed by atoms with Crippen molar-refractivity contribution in [1.82, 2.24) is 14.7 Å². The molecule has 1 saturated heterocycles. The Labute approximate surface area is 193 Å². The van der Waals surface area contributed by atoms with Crippen LogP contribution in [-0.4, -0.2) is 46.2 Å². The molecule has 7 heteroatoms. The molecule has 1 unspecified atom stereocenters. The van der Waals surface area contributed by atoms with Crippen LogP contribution < -0.4 is 10.1 Å². The number of aromatic nitrogens is 2. The number of aryl methyl sites for hydroxylation is 1. The number of ether oxygens (including phenoxy) is 1. The third-order valence-corrected chi connectivity index (χ3v) is 5.94. The lowest BCUT2D eigenvalue weighted by atomic mass is 10.1. The molecule has 0 bridgehead atoms. The van der Waals surface area contributed by atoms with Crippen molar-refractivity contribution < 1.29 is 14.3 Å². The molecule has 1 N–H and O–H groups in total. The number of methoxy groups -OCH3 is 1. The Morgan fingerprint density at radius 1 is 1.09 bits per heavy atom. The van der Waals surface area contributed by atoms with Crippen LogP contribution in [0.5, 0.6) is 5.75 Å². The molecule has 1 aliphatic rings. The summed E-state index contributed by atoms with van der Waals surface area (Å²) in [4.78, 5) is 27.5. The average Bonchev–Trinajstić information content (AvgIpc) is 3.44. The minimum absolute atomic E-state index is 0.173. The fourth-order valence-corrected chi connectivity index (χ4v) is 4.17. The second-order valence-electron chi connectivity index (χ2n) is 8.07. The maximum Gasteiger partial charge on any atom is 0.247 e. The van der Waals surface area contributed by atoms with Crippen molar-refractivity contribution in [3.8, 4) is 11.4 Å². The van der Waals surface area contributed by atoms with Crippen molar-refractivity contribution in [3.63, 3.8) is 0 Å². The van der Waals surface area contributed by atoms with Crippen molar-refractivity contribution in [1.29, 1.82) is 0 Å². The fraction of sp³-hybridized carbons (Fsp3) is 0.269. The van der Waals surface area contributed by atoms with Gasteiger partial charge in [0, 0.05) is 29.6 Å². The Bertz CT molecular complexity index is 1170. The van der Waals surface area contributed by atoms with Crippen LogP contribution >= 0.6 is 0 Å². The number of nitrogens with one attached hydrogen (secondary N) is 1. The number of rotatable bonds is 6. The summed E-state index contributed by atoms with van der Waals surface area (Å²) in [6, 6.07) is 16.5. The van der Waals surface area contributed by atoms with Gasteiger partial charge >= 0.3 is 0 Å². The highest BCUT2D eigenvalue weighted by molar-refractivity contribution is 6.00. The van der Waals surface area contributed by atoms with Crippen LogP contribution in [0.1, 0.15) is 29.8 Å². The summed E-state index contributed by atoms with van der Waals surface area (Å²) in [6.45, 7) is 4.47. The summed E-state index contributed by atoms with van der Waals surface area (Å²) in [5, 5.41) is 7.53. The van der Waals surface area contributed by atoms with Gasteiger partial charge in [-0.05, 0) is 69.2 Å². The van der Waals surface area contributed by atoms with E-state index in [0.717, 1.165) is 34.8 Å². The van der Waals surface area contributed by atoms with E-state index >= 15 is 0 Å². The van der Waals surface area contributed by atoms with E-state index in [0.29, 0.717) is 18.7 Å². The van der Waals surface area contributed by atoms with Gasteiger partial charge in [-0.25, -0.2) is 4.68 Å². The number of nitrogens with zero attached hydrogens (tertiary/aromatic N) is 3. The summed E-state index contributed by atoms with van der Waals surface area (Å²) in [7, 11) is 1.60. The third kappa shape index (κ3) is 4.82. The Hall–Kier alpha value is -3.87. The molecular formula is C26H28N4O3. The Morgan fingerprint density at radius 2 is 1.82 bits per heavy atom. The molecule has 0 radical (unpaired) electrons. The molecule has 2 aromatic carbocycles. The molecule has 0 saturated carbocycles. The maximum absolute atomic E-state index is 13.0. The largest absolute Gasteiger partial charge is 0.497 e. The van der Waals surface area contributed by atoms with E-state index < -0.39 is 6.04 Å². The summed E-state index contributed by atoms with van der Waals surface area (Å²) in [5.41, 5.74) is 4.35. The van der Waals surface area contributed by atoms with Crippen LogP contribution in [0.3, 0.4) is 0 Å². The minimum atomic E-state index is -0.488. The molecule has 1 aliphatic heterocycles. The SMILES string of the molecule is COc1ccc(NC(=O)C2CCCN2C(=O)C=Cc2c(C)nn(-c3ccccc3)c2C)cc1. The van der Waals surface area contributed by atoms with Gasteiger partial charge in [0.05, 0.1) is 18.5 Å². The minimum Gasteiger partial charge on any atom is -0.497 e. The first-order chi connectivity index (χ1) is 16.0. The van der Waals surface area contributed by atoms with E-state index in [1.165, 1.54) is 0 Å². The smallest absolute Gasteiger partial charge is 0.247 e. The summed E-state index contributed by atoms with van der Waals surface area (Å²) in [6.07, 6.45) is 4.79. The van der Waals surface area contributed by atoms with Gasteiger partial charge in [-0.15, -0.1) is 0 Å². The van der Waals surface area contributed by atoms with Crippen molar-refractivity contribution in [3.05, 3.63) is 77.6 Å². The van der Waals surface area contributed by atoms with Crippen LogP contribution in [-0.2, 0) is 9.59 Å². The van der Waals surface area contributed by atoms with Crippen LogP contribution in [0.4, 0.5) is 5.69 Å². The fourth-order valence-electron chi connectivity index (χ4n) is 4.17. The zero-order valence-electron chi connectivity index (χ0n) is 19.1. The van der Waals surface area contributed by atoms with E-state index in [9.17, 15) is 9.59 Å². The first kappa shape index (κ1) is 22.3. The monoisotopic (exact) mass is 444 g/mol. The molecular weight excluding hydrogens is 416 g/mol. The van der Waals surface area contributed by atoms with E-state index in [1.54, 1.807) is 48.4 Å². The first-order valence-electron chi connectivity index (χ1n) is 11.0. The lowest BCUT2D eigenvalue weighted by molar-refractivity contribution is -0.132. The molecule has 0 spiro atoms. The van der Waals surface area contributed by atoms with E-state index in [1.807, 2.05) is 48.9 Å². The first-order valence-corrected chi connectivity index (χ1v) is 11.0. The Balaban J connectivity index is 1.46. The van der Waals surface area contributed by atoms with E-state index in [2.05, 4.69) is 10.4 Å². The second-order valence-corrected chi connectivity index (χ2v) is 8.07. The molecule has 0 aliphatic carbocycles. The number of anilines is 1. The van der Waals surface area contributed by atoms with Gasteiger partial charge in [0.25, 0.3) is 0 Å². The van der Waals surface area contributed by atoms with Crippen molar-refractivity contribution in [2.45, 2.75) is 32.7 Å². The quantitative estimate of drug-likeness (QED) is 0.580. The molecule has 33 heavy (non-hydrogen) atoms. The predicted molar refractivity (Wildman–Crippen MR) is 128 cm³/mol. The number of carbonyl (C=O) groups is 2. The van der Waals surface area contributed by atoms with Gasteiger partial charge in [0.15, 0.2) is 0 Å². The highest BCUT2D eigenvalue weighted by atomic mass is 16.5. The third-order valence-electron chi connectivity index (χ3n) is 5.94. The van der Waals surface area contributed by atoms with Gasteiger partial charge in [-0.1, -0.05) is 18.2 Å². The maximum atomic E-state index is 13.0. The lowest BCUT2D eigenvalue weighted by Crippen LogP contribution is -2.42. The number of likely N-dealkylation sites (tertiary alicyclic amines) is 1. The standard InChI is InChI=1S/C26H28N4O3/c1-18-23(19(2)30(28-18)21-8-5-4-6-9-21)15-16-25(31)29-17-7-10-24(29)26(32)27-20-11-13-22(33-3)14-12-20/h4-6,8-9,11-16,24H,7,10,17H2,1-3H3,(H,27,32). The van der Waals surface area contributed by atoms with Gasteiger partial charge in [0.2, 0.25) is 11.8 Å². The van der Waals surface area contributed by atoms with Crippen molar-refractivity contribution in [2.75, 3.05) is 19.0 Å². The van der Waals surface area contributed by atoms with E-state index in [-0.39, 0.29) is 11.8 Å². The highest BCUT2D eigenvalue weighted by Crippen LogP contribution is 2.23. The molecule has 1 atom stereocenters. The van der Waals surface area contributed by atoms with Gasteiger partial charge < -0.3 is 15.0 Å². The van der Waals surface area contributed by atoms with Gasteiger partial charge in [-0.2, -0.15) is 5.10 Å². The van der Waals surface area contributed by atoms with Gasteiger partial charge in [0.1, 0.15) is 11.8 Å². The summed E-state index contributed by atoms with van der Waals surface area (Å²) >= 11 is 0. The normalized spacial score (nSPS) is 15.7. The number of hydrogen-bond acceptors (Lipinski definition) is 4. The summed E-state index contributed by atoms with van der Waals surface area (Å²) < 4.78 is 7.03. The molecule has 3 aromatic rings. The Kier molecular flexibility index (Phi) is 6.58. The van der Waals surface area contributed by atoms with Crippen LogP contribution in [0, 0.1) is 13.8 Å². The van der Waals surface area contributed by atoms with Gasteiger partial charge in [-0.3, -0.25) is 9.59 Å². The topological polar surface area (TPSA) is 76.5 Å². The van der Waals surface area contributed by atoms with Crippen molar-refractivity contribution in [2.24, 2.45) is 0 Å².